The maximum atomic E-state index is 2.57. The molecule has 1 aliphatic rings. The van der Waals surface area contributed by atoms with E-state index in [4.69, 9.17) is 0 Å². The summed E-state index contributed by atoms with van der Waals surface area (Å²) in [6, 6.07) is 21.4. The third kappa shape index (κ3) is 5.05. The van der Waals surface area contributed by atoms with E-state index in [9.17, 15) is 0 Å². The van der Waals surface area contributed by atoms with Gasteiger partial charge in [0.15, 0.2) is 0 Å². The zero-order valence-electron chi connectivity index (χ0n) is 14.0. The van der Waals surface area contributed by atoms with Gasteiger partial charge in [-0.2, -0.15) is 0 Å². The van der Waals surface area contributed by atoms with Crippen molar-refractivity contribution >= 4 is 6.08 Å². The average molecular weight is 306 g/mol. The highest BCUT2D eigenvalue weighted by molar-refractivity contribution is 5.52. The Morgan fingerprint density at radius 1 is 0.826 bits per heavy atom. The molecule has 2 nitrogen and oxygen atoms in total. The Bertz CT molecular complexity index is 611. The van der Waals surface area contributed by atoms with Crippen LogP contribution in [0.4, 0.5) is 0 Å². The number of benzene rings is 2. The lowest BCUT2D eigenvalue weighted by atomic mass is 10.1. The molecule has 0 atom stereocenters. The molecule has 2 aromatic carbocycles. The fourth-order valence-electron chi connectivity index (χ4n) is 3.18. The van der Waals surface area contributed by atoms with Crippen LogP contribution in [0.15, 0.2) is 66.2 Å². The van der Waals surface area contributed by atoms with Crippen molar-refractivity contribution in [3.8, 4) is 0 Å². The zero-order chi connectivity index (χ0) is 15.9. The zero-order valence-corrected chi connectivity index (χ0v) is 14.0. The molecule has 0 unspecified atom stereocenters. The third-order valence-electron chi connectivity index (χ3n) is 4.40. The molecule has 0 spiro atoms. The molecule has 0 saturated carbocycles. The molecule has 0 bridgehead atoms. The van der Waals surface area contributed by atoms with Crippen LogP contribution in [0, 0.1) is 0 Å². The van der Waals surface area contributed by atoms with Crippen molar-refractivity contribution in [3.63, 3.8) is 0 Å². The van der Waals surface area contributed by atoms with Gasteiger partial charge in [-0.05, 0) is 18.1 Å². The van der Waals surface area contributed by atoms with Crippen LogP contribution in [0.5, 0.6) is 0 Å². The van der Waals surface area contributed by atoms with Crippen LogP contribution in [0.3, 0.4) is 0 Å². The topological polar surface area (TPSA) is 6.48 Å². The predicted octanol–water partition coefficient (Wildman–Crippen LogP) is 3.91. The third-order valence-corrected chi connectivity index (χ3v) is 4.40. The molecule has 0 radical (unpaired) electrons. The van der Waals surface area contributed by atoms with Crippen molar-refractivity contribution in [1.29, 1.82) is 0 Å². The van der Waals surface area contributed by atoms with Crippen molar-refractivity contribution in [1.82, 2.24) is 9.80 Å². The lowest BCUT2D eigenvalue weighted by Gasteiger charge is -2.34. The van der Waals surface area contributed by atoms with E-state index in [1.807, 2.05) is 0 Å². The maximum absolute atomic E-state index is 2.57. The fraction of sp³-hybridized carbons (Fsp3) is 0.333. The molecule has 0 N–H and O–H groups in total. The molecule has 2 aromatic rings. The van der Waals surface area contributed by atoms with E-state index in [1.54, 1.807) is 0 Å². The van der Waals surface area contributed by atoms with Crippen LogP contribution in [0.1, 0.15) is 18.1 Å². The van der Waals surface area contributed by atoms with Crippen LogP contribution < -0.4 is 0 Å². The Morgan fingerprint density at radius 3 is 2.04 bits per heavy atom. The summed E-state index contributed by atoms with van der Waals surface area (Å²) >= 11 is 0. The average Bonchev–Trinajstić information content (AvgIpc) is 2.58. The second-order valence-corrected chi connectivity index (χ2v) is 6.44. The molecular weight excluding hydrogens is 280 g/mol. The highest BCUT2D eigenvalue weighted by Gasteiger charge is 2.16. The molecule has 1 saturated heterocycles. The molecular formula is C21H26N2. The van der Waals surface area contributed by atoms with Gasteiger partial charge in [-0.1, -0.05) is 72.3 Å². The normalized spacial score (nSPS) is 17.3. The summed E-state index contributed by atoms with van der Waals surface area (Å²) < 4.78 is 0. The van der Waals surface area contributed by atoms with Crippen molar-refractivity contribution in [2.45, 2.75) is 13.5 Å². The molecule has 0 aromatic heterocycles. The van der Waals surface area contributed by atoms with Gasteiger partial charge in [0, 0.05) is 39.3 Å². The number of piperazine rings is 1. The van der Waals surface area contributed by atoms with Gasteiger partial charge in [0.25, 0.3) is 0 Å². The summed E-state index contributed by atoms with van der Waals surface area (Å²) in [6.07, 6.45) is 2.30. The first-order chi connectivity index (χ1) is 11.3. The lowest BCUT2D eigenvalue weighted by Crippen LogP contribution is -2.46. The minimum atomic E-state index is 1.08. The summed E-state index contributed by atoms with van der Waals surface area (Å²) in [7, 11) is 0. The summed E-state index contributed by atoms with van der Waals surface area (Å²) in [5, 5.41) is 0. The first kappa shape index (κ1) is 16.0. The van der Waals surface area contributed by atoms with Crippen LogP contribution in [0.2, 0.25) is 0 Å². The van der Waals surface area contributed by atoms with Gasteiger partial charge in [-0.15, -0.1) is 0 Å². The summed E-state index contributed by atoms with van der Waals surface area (Å²) in [5.41, 5.74) is 4.15. The van der Waals surface area contributed by atoms with Gasteiger partial charge >= 0.3 is 0 Å². The molecule has 2 heteroatoms. The van der Waals surface area contributed by atoms with E-state index >= 15 is 0 Å². The van der Waals surface area contributed by atoms with Crippen molar-refractivity contribution < 1.29 is 0 Å². The van der Waals surface area contributed by atoms with E-state index in [0.717, 1.165) is 39.3 Å². The molecule has 0 amide bonds. The van der Waals surface area contributed by atoms with E-state index in [-0.39, 0.29) is 0 Å². The molecule has 3 rings (SSSR count). The number of hydrogen-bond donors (Lipinski definition) is 0. The molecule has 1 fully saturated rings. The SMILES string of the molecule is C/C(=C\c1ccccc1)CN1CCN(Cc2ccccc2)CC1. The Morgan fingerprint density at radius 2 is 1.39 bits per heavy atom. The van der Waals surface area contributed by atoms with Crippen molar-refractivity contribution in [3.05, 3.63) is 77.4 Å². The minimum absolute atomic E-state index is 1.08. The Hall–Kier alpha value is -1.90. The summed E-state index contributed by atoms with van der Waals surface area (Å²) in [4.78, 5) is 5.12. The maximum Gasteiger partial charge on any atom is 0.0234 e. The Labute approximate surface area is 140 Å². The van der Waals surface area contributed by atoms with Crippen LogP contribution in [-0.4, -0.2) is 42.5 Å². The second-order valence-electron chi connectivity index (χ2n) is 6.44. The Kier molecular flexibility index (Phi) is 5.62. The quantitative estimate of drug-likeness (QED) is 0.826. The van der Waals surface area contributed by atoms with E-state index in [2.05, 4.69) is 83.5 Å². The monoisotopic (exact) mass is 306 g/mol. The van der Waals surface area contributed by atoms with E-state index < -0.39 is 0 Å². The second kappa shape index (κ2) is 8.09. The van der Waals surface area contributed by atoms with Crippen molar-refractivity contribution in [2.24, 2.45) is 0 Å². The smallest absolute Gasteiger partial charge is 0.0234 e. The first-order valence-corrected chi connectivity index (χ1v) is 8.50. The van der Waals surface area contributed by atoms with E-state index in [1.165, 1.54) is 16.7 Å². The molecule has 23 heavy (non-hydrogen) atoms. The summed E-state index contributed by atoms with van der Waals surface area (Å²) in [6.45, 7) is 9.03. The molecule has 1 aliphatic heterocycles. The van der Waals surface area contributed by atoms with Gasteiger partial charge in [0.2, 0.25) is 0 Å². The highest BCUT2D eigenvalue weighted by Crippen LogP contribution is 2.11. The van der Waals surface area contributed by atoms with Crippen LogP contribution in [0.25, 0.3) is 6.08 Å². The Balaban J connectivity index is 1.46. The van der Waals surface area contributed by atoms with Gasteiger partial charge < -0.3 is 0 Å². The van der Waals surface area contributed by atoms with Crippen LogP contribution in [-0.2, 0) is 6.54 Å². The lowest BCUT2D eigenvalue weighted by molar-refractivity contribution is 0.135. The van der Waals surface area contributed by atoms with Gasteiger partial charge in [0.1, 0.15) is 0 Å². The highest BCUT2D eigenvalue weighted by atomic mass is 15.3. The number of rotatable bonds is 5. The summed E-state index contributed by atoms with van der Waals surface area (Å²) in [5.74, 6) is 0. The predicted molar refractivity (Wildman–Crippen MR) is 98.3 cm³/mol. The van der Waals surface area contributed by atoms with Gasteiger partial charge in [-0.3, -0.25) is 9.80 Å². The number of hydrogen-bond acceptors (Lipinski definition) is 2. The van der Waals surface area contributed by atoms with Crippen LogP contribution >= 0.6 is 0 Å². The van der Waals surface area contributed by atoms with Gasteiger partial charge in [-0.25, -0.2) is 0 Å². The van der Waals surface area contributed by atoms with E-state index in [0.29, 0.717) is 0 Å². The standard InChI is InChI=1S/C21H26N2/c1-19(16-20-8-4-2-5-9-20)17-22-12-14-23(15-13-22)18-21-10-6-3-7-11-21/h2-11,16H,12-15,17-18H2,1H3/b19-16+. The number of nitrogens with zero attached hydrogens (tertiary/aromatic N) is 2. The molecule has 1 heterocycles. The minimum Gasteiger partial charge on any atom is -0.297 e. The largest absolute Gasteiger partial charge is 0.297 e. The first-order valence-electron chi connectivity index (χ1n) is 8.50. The molecule has 0 aliphatic carbocycles. The van der Waals surface area contributed by atoms with Crippen molar-refractivity contribution in [2.75, 3.05) is 32.7 Å². The fourth-order valence-corrected chi connectivity index (χ4v) is 3.18. The van der Waals surface area contributed by atoms with Gasteiger partial charge in [0.05, 0.1) is 0 Å². The molecule has 120 valence electrons.